The molecule has 0 spiro atoms. The van der Waals surface area contributed by atoms with Gasteiger partial charge in [0.15, 0.2) is 11.6 Å². The van der Waals surface area contributed by atoms with Gasteiger partial charge in [-0.25, -0.2) is 9.37 Å². The lowest BCUT2D eigenvalue weighted by Gasteiger charge is -2.04. The topological polar surface area (TPSA) is 110 Å². The number of para-hydroxylation sites is 1. The van der Waals surface area contributed by atoms with E-state index in [0.717, 1.165) is 5.56 Å². The highest BCUT2D eigenvalue weighted by Gasteiger charge is 2.12. The molecule has 8 nitrogen and oxygen atoms in total. The summed E-state index contributed by atoms with van der Waals surface area (Å²) in [5.74, 6) is 1.13. The summed E-state index contributed by atoms with van der Waals surface area (Å²) in [5, 5.41) is 14.1. The molecule has 0 atom stereocenters. The number of carbonyl (C=O) groups is 1. The maximum atomic E-state index is 13.6. The van der Waals surface area contributed by atoms with E-state index in [9.17, 15) is 9.18 Å². The van der Waals surface area contributed by atoms with Crippen LogP contribution in [0, 0.1) is 5.82 Å². The summed E-state index contributed by atoms with van der Waals surface area (Å²) >= 11 is 1.37. The second-order valence-corrected chi connectivity index (χ2v) is 7.20. The van der Waals surface area contributed by atoms with Crippen molar-refractivity contribution in [3.8, 4) is 11.4 Å². The number of hydrogen-bond donors (Lipinski definition) is 2. The second kappa shape index (κ2) is 9.31. The number of rotatable bonds is 8. The quantitative estimate of drug-likeness (QED) is 0.413. The maximum Gasteiger partial charge on any atom is 0.227 e. The van der Waals surface area contributed by atoms with Gasteiger partial charge >= 0.3 is 0 Å². The number of aromatic amines is 1. The Balaban J connectivity index is 1.26. The molecule has 0 aliphatic rings. The van der Waals surface area contributed by atoms with Crippen LogP contribution in [0.5, 0.6) is 0 Å². The average molecular weight is 424 g/mol. The Morgan fingerprint density at radius 2 is 1.90 bits per heavy atom. The lowest BCUT2D eigenvalue weighted by molar-refractivity contribution is -0.116. The predicted molar refractivity (Wildman–Crippen MR) is 109 cm³/mol. The first-order valence-electron chi connectivity index (χ1n) is 9.14. The third kappa shape index (κ3) is 5.09. The fraction of sp³-hybridized carbons (Fsp3) is 0.150. The maximum absolute atomic E-state index is 13.6. The third-order valence-electron chi connectivity index (χ3n) is 4.07. The summed E-state index contributed by atoms with van der Waals surface area (Å²) in [7, 11) is 0. The summed E-state index contributed by atoms with van der Waals surface area (Å²) in [5.41, 5.74) is 1.10. The van der Waals surface area contributed by atoms with Crippen molar-refractivity contribution >= 4 is 23.4 Å². The van der Waals surface area contributed by atoms with Crippen molar-refractivity contribution in [3.63, 3.8) is 0 Å². The Kier molecular flexibility index (Phi) is 6.14. The normalized spacial score (nSPS) is 10.8. The van der Waals surface area contributed by atoms with E-state index in [1.807, 2.05) is 30.3 Å². The smallest absolute Gasteiger partial charge is 0.227 e. The lowest BCUT2D eigenvalue weighted by Crippen LogP contribution is -2.13. The van der Waals surface area contributed by atoms with E-state index in [2.05, 4.69) is 30.6 Å². The van der Waals surface area contributed by atoms with Crippen LogP contribution in [0.25, 0.3) is 11.4 Å². The molecule has 0 unspecified atom stereocenters. The first-order valence-corrected chi connectivity index (χ1v) is 10.1. The van der Waals surface area contributed by atoms with Crippen LogP contribution in [-0.4, -0.2) is 31.2 Å². The van der Waals surface area contributed by atoms with E-state index in [0.29, 0.717) is 28.4 Å². The van der Waals surface area contributed by atoms with Crippen LogP contribution in [0.2, 0.25) is 0 Å². The van der Waals surface area contributed by atoms with Gasteiger partial charge in [-0.2, -0.15) is 4.98 Å². The zero-order valence-corrected chi connectivity index (χ0v) is 16.5. The van der Waals surface area contributed by atoms with E-state index in [1.54, 1.807) is 12.1 Å². The zero-order valence-electron chi connectivity index (χ0n) is 15.7. The Morgan fingerprint density at radius 1 is 1.10 bits per heavy atom. The molecule has 0 aliphatic carbocycles. The summed E-state index contributed by atoms with van der Waals surface area (Å²) in [6.07, 6.45) is 0.362. The molecule has 0 fully saturated rings. The largest absolute Gasteiger partial charge is 0.339 e. The van der Waals surface area contributed by atoms with E-state index in [1.165, 1.54) is 23.9 Å². The van der Waals surface area contributed by atoms with Gasteiger partial charge in [-0.3, -0.25) is 9.89 Å². The fourth-order valence-corrected chi connectivity index (χ4v) is 3.25. The Hall–Kier alpha value is -3.53. The molecule has 4 rings (SSSR count). The standard InChI is InChI=1S/C20H17FN6O2S/c21-14-8-4-5-9-15(14)22-17(28)10-11-18-23-16(27-29-18)12-30-20-24-19(25-26-20)13-6-2-1-3-7-13/h1-9H,10-12H2,(H,22,28)(H,24,25,26). The SMILES string of the molecule is O=C(CCc1nc(CSc2n[nH]c(-c3ccccc3)n2)no1)Nc1ccccc1F. The molecule has 2 N–H and O–H groups in total. The Bertz CT molecular complexity index is 1130. The third-order valence-corrected chi connectivity index (χ3v) is 4.91. The molecule has 0 radical (unpaired) electrons. The number of thioether (sulfide) groups is 1. The van der Waals surface area contributed by atoms with Crippen molar-refractivity contribution in [2.75, 3.05) is 5.32 Å². The van der Waals surface area contributed by atoms with Crippen LogP contribution in [-0.2, 0) is 17.0 Å². The van der Waals surface area contributed by atoms with Gasteiger partial charge in [-0.05, 0) is 12.1 Å². The number of amides is 1. The molecule has 10 heteroatoms. The van der Waals surface area contributed by atoms with Gasteiger partial charge in [0.25, 0.3) is 0 Å². The number of hydrogen-bond acceptors (Lipinski definition) is 7. The number of anilines is 1. The van der Waals surface area contributed by atoms with Crippen molar-refractivity contribution in [2.24, 2.45) is 0 Å². The summed E-state index contributed by atoms with van der Waals surface area (Å²) < 4.78 is 18.7. The minimum Gasteiger partial charge on any atom is -0.339 e. The summed E-state index contributed by atoms with van der Waals surface area (Å²) in [6.45, 7) is 0. The highest BCUT2D eigenvalue weighted by molar-refractivity contribution is 7.98. The van der Waals surface area contributed by atoms with Gasteiger partial charge in [-0.1, -0.05) is 59.4 Å². The molecule has 0 aliphatic heterocycles. The highest BCUT2D eigenvalue weighted by Crippen LogP contribution is 2.21. The molecule has 152 valence electrons. The molecular formula is C20H17FN6O2S. The fourth-order valence-electron chi connectivity index (χ4n) is 2.61. The number of benzene rings is 2. The molecule has 2 aromatic carbocycles. The van der Waals surface area contributed by atoms with Gasteiger partial charge in [0.05, 0.1) is 11.4 Å². The van der Waals surface area contributed by atoms with Gasteiger partial charge < -0.3 is 9.84 Å². The Labute approximate surface area is 175 Å². The Morgan fingerprint density at radius 3 is 2.73 bits per heavy atom. The van der Waals surface area contributed by atoms with Gasteiger partial charge in [0.2, 0.25) is 17.0 Å². The summed E-state index contributed by atoms with van der Waals surface area (Å²) in [6, 6.07) is 15.7. The molecule has 4 aromatic rings. The molecule has 2 heterocycles. The molecular weight excluding hydrogens is 407 g/mol. The number of aromatic nitrogens is 5. The van der Waals surface area contributed by atoms with Crippen molar-refractivity contribution in [2.45, 2.75) is 23.8 Å². The van der Waals surface area contributed by atoms with Gasteiger partial charge in [0.1, 0.15) is 5.82 Å². The van der Waals surface area contributed by atoms with Crippen LogP contribution < -0.4 is 5.32 Å². The molecule has 0 saturated carbocycles. The van der Waals surface area contributed by atoms with Gasteiger partial charge in [0, 0.05) is 18.4 Å². The average Bonchev–Trinajstić information content (AvgIpc) is 3.43. The molecule has 2 aromatic heterocycles. The van der Waals surface area contributed by atoms with Crippen LogP contribution in [0.4, 0.5) is 10.1 Å². The van der Waals surface area contributed by atoms with Crippen molar-refractivity contribution < 1.29 is 13.7 Å². The second-order valence-electron chi connectivity index (χ2n) is 6.25. The number of nitrogens with zero attached hydrogens (tertiary/aromatic N) is 4. The lowest BCUT2D eigenvalue weighted by atomic mass is 10.2. The number of H-pyrrole nitrogens is 1. The van der Waals surface area contributed by atoms with Crippen LogP contribution >= 0.6 is 11.8 Å². The van der Waals surface area contributed by atoms with Crippen LogP contribution in [0.1, 0.15) is 18.1 Å². The molecule has 30 heavy (non-hydrogen) atoms. The van der Waals surface area contributed by atoms with Crippen LogP contribution in [0.3, 0.4) is 0 Å². The monoisotopic (exact) mass is 424 g/mol. The predicted octanol–water partition coefficient (Wildman–Crippen LogP) is 3.86. The first kappa shape index (κ1) is 19.8. The number of carbonyl (C=O) groups excluding carboxylic acids is 1. The van der Waals surface area contributed by atoms with Crippen molar-refractivity contribution in [3.05, 3.63) is 72.1 Å². The van der Waals surface area contributed by atoms with E-state index in [-0.39, 0.29) is 24.4 Å². The van der Waals surface area contributed by atoms with E-state index < -0.39 is 5.82 Å². The molecule has 0 saturated heterocycles. The van der Waals surface area contributed by atoms with E-state index >= 15 is 0 Å². The number of halogens is 1. The first-order chi connectivity index (χ1) is 14.7. The minimum atomic E-state index is -0.481. The van der Waals surface area contributed by atoms with Crippen molar-refractivity contribution in [1.82, 2.24) is 25.3 Å². The van der Waals surface area contributed by atoms with E-state index in [4.69, 9.17) is 4.52 Å². The molecule has 1 amide bonds. The van der Waals surface area contributed by atoms with Crippen molar-refractivity contribution in [1.29, 1.82) is 0 Å². The summed E-state index contributed by atoms with van der Waals surface area (Å²) in [4.78, 5) is 20.7. The van der Waals surface area contributed by atoms with Crippen LogP contribution in [0.15, 0.2) is 64.3 Å². The molecule has 0 bridgehead atoms. The number of aryl methyl sites for hydroxylation is 1. The number of nitrogens with one attached hydrogen (secondary N) is 2. The zero-order chi connectivity index (χ0) is 20.8. The minimum absolute atomic E-state index is 0.102. The van der Waals surface area contributed by atoms with Gasteiger partial charge in [-0.15, -0.1) is 5.10 Å². The highest BCUT2D eigenvalue weighted by atomic mass is 32.2.